The van der Waals surface area contributed by atoms with Gasteiger partial charge in [-0.2, -0.15) is 4.98 Å². The quantitative estimate of drug-likeness (QED) is 0.931. The third kappa shape index (κ3) is 2.94. The lowest BCUT2D eigenvalue weighted by molar-refractivity contribution is 0.312. The molecule has 116 valence electrons. The average Bonchev–Trinajstić information content (AvgIpc) is 2.52. The van der Waals surface area contributed by atoms with Gasteiger partial charge in [-0.3, -0.25) is 0 Å². The minimum atomic E-state index is -0.457. The first kappa shape index (κ1) is 14.5. The highest BCUT2D eigenvalue weighted by molar-refractivity contribution is 5.68. The van der Waals surface area contributed by atoms with E-state index in [9.17, 15) is 4.39 Å². The molecule has 3 rings (SSSR count). The highest BCUT2D eigenvalue weighted by atomic mass is 19.1. The number of hydrogen-bond acceptors (Lipinski definition) is 6. The smallest absolute Gasteiger partial charge is 0.248 e. The SMILES string of the molecule is CN1CCN(c2ncnc(Oc3ccccc3F)c2N)CC1. The maximum atomic E-state index is 13.7. The fourth-order valence-corrected chi connectivity index (χ4v) is 2.35. The van der Waals surface area contributed by atoms with Gasteiger partial charge in [0, 0.05) is 26.2 Å². The molecule has 0 unspecified atom stereocenters. The third-order valence-electron chi connectivity index (χ3n) is 3.67. The summed E-state index contributed by atoms with van der Waals surface area (Å²) in [6.07, 6.45) is 1.39. The Morgan fingerprint density at radius 1 is 1.14 bits per heavy atom. The highest BCUT2D eigenvalue weighted by Crippen LogP contribution is 2.32. The lowest BCUT2D eigenvalue weighted by Crippen LogP contribution is -2.45. The van der Waals surface area contributed by atoms with Crippen molar-refractivity contribution < 1.29 is 9.13 Å². The number of anilines is 2. The van der Waals surface area contributed by atoms with E-state index >= 15 is 0 Å². The van der Waals surface area contributed by atoms with Crippen LogP contribution >= 0.6 is 0 Å². The number of hydrogen-bond donors (Lipinski definition) is 1. The molecule has 0 amide bonds. The third-order valence-corrected chi connectivity index (χ3v) is 3.67. The van der Waals surface area contributed by atoms with Gasteiger partial charge in [0.25, 0.3) is 0 Å². The summed E-state index contributed by atoms with van der Waals surface area (Å²) >= 11 is 0. The summed E-state index contributed by atoms with van der Waals surface area (Å²) in [5, 5.41) is 0. The van der Waals surface area contributed by atoms with E-state index in [1.807, 2.05) is 0 Å². The molecule has 0 atom stereocenters. The fraction of sp³-hybridized carbons (Fsp3) is 0.333. The van der Waals surface area contributed by atoms with Gasteiger partial charge >= 0.3 is 0 Å². The summed E-state index contributed by atoms with van der Waals surface area (Å²) in [7, 11) is 2.08. The molecule has 0 saturated carbocycles. The van der Waals surface area contributed by atoms with Crippen LogP contribution in [0.1, 0.15) is 0 Å². The van der Waals surface area contributed by atoms with E-state index in [1.165, 1.54) is 18.5 Å². The van der Waals surface area contributed by atoms with Crippen molar-refractivity contribution in [3.63, 3.8) is 0 Å². The van der Waals surface area contributed by atoms with E-state index in [-0.39, 0.29) is 11.6 Å². The van der Waals surface area contributed by atoms with E-state index in [2.05, 4.69) is 26.8 Å². The molecule has 1 aromatic heterocycles. The first-order chi connectivity index (χ1) is 10.6. The van der Waals surface area contributed by atoms with Crippen LogP contribution < -0.4 is 15.4 Å². The van der Waals surface area contributed by atoms with Crippen LogP contribution in [0.4, 0.5) is 15.9 Å². The Bertz CT molecular complexity index is 658. The second-order valence-corrected chi connectivity index (χ2v) is 5.24. The zero-order valence-corrected chi connectivity index (χ0v) is 12.4. The van der Waals surface area contributed by atoms with Crippen molar-refractivity contribution in [1.29, 1.82) is 0 Å². The van der Waals surface area contributed by atoms with Gasteiger partial charge in [0.2, 0.25) is 5.88 Å². The van der Waals surface area contributed by atoms with Gasteiger partial charge in [-0.1, -0.05) is 12.1 Å². The Labute approximate surface area is 128 Å². The molecule has 22 heavy (non-hydrogen) atoms. The van der Waals surface area contributed by atoms with Gasteiger partial charge in [-0.05, 0) is 19.2 Å². The minimum absolute atomic E-state index is 0.0947. The van der Waals surface area contributed by atoms with Crippen LogP contribution in [0.2, 0.25) is 0 Å². The highest BCUT2D eigenvalue weighted by Gasteiger charge is 2.20. The second-order valence-electron chi connectivity index (χ2n) is 5.24. The van der Waals surface area contributed by atoms with E-state index in [0.717, 1.165) is 26.2 Å². The molecule has 1 aromatic carbocycles. The van der Waals surface area contributed by atoms with Crippen LogP contribution in [0.25, 0.3) is 0 Å². The van der Waals surface area contributed by atoms with Gasteiger partial charge in [0.15, 0.2) is 17.4 Å². The zero-order chi connectivity index (χ0) is 15.5. The number of halogens is 1. The van der Waals surface area contributed by atoms with Crippen molar-refractivity contribution in [2.75, 3.05) is 43.9 Å². The van der Waals surface area contributed by atoms with Gasteiger partial charge < -0.3 is 20.3 Å². The van der Waals surface area contributed by atoms with Gasteiger partial charge in [-0.25, -0.2) is 9.37 Å². The van der Waals surface area contributed by atoms with Crippen LogP contribution in [0, 0.1) is 5.82 Å². The minimum Gasteiger partial charge on any atom is -0.434 e. The summed E-state index contributed by atoms with van der Waals surface area (Å²) in [6, 6.07) is 6.15. The van der Waals surface area contributed by atoms with Crippen LogP contribution in [-0.4, -0.2) is 48.1 Å². The fourth-order valence-electron chi connectivity index (χ4n) is 2.35. The van der Waals surface area contributed by atoms with Crippen LogP contribution in [0.5, 0.6) is 11.6 Å². The number of benzene rings is 1. The molecule has 6 nitrogen and oxygen atoms in total. The Kier molecular flexibility index (Phi) is 4.06. The Hall–Kier alpha value is -2.41. The zero-order valence-electron chi connectivity index (χ0n) is 12.4. The van der Waals surface area contributed by atoms with Crippen molar-refractivity contribution in [3.8, 4) is 11.6 Å². The summed E-state index contributed by atoms with van der Waals surface area (Å²) in [4.78, 5) is 12.6. The Morgan fingerprint density at radius 2 is 1.86 bits per heavy atom. The summed E-state index contributed by atoms with van der Waals surface area (Å²) in [5.74, 6) is 0.447. The molecule has 7 heteroatoms. The maximum Gasteiger partial charge on any atom is 0.248 e. The van der Waals surface area contributed by atoms with E-state index in [1.54, 1.807) is 12.1 Å². The van der Waals surface area contributed by atoms with Crippen molar-refractivity contribution in [3.05, 3.63) is 36.4 Å². The predicted octanol–water partition coefficient (Wildman–Crippen LogP) is 1.74. The normalized spacial score (nSPS) is 15.8. The lowest BCUT2D eigenvalue weighted by Gasteiger charge is -2.33. The number of nitrogens with two attached hydrogens (primary N) is 1. The van der Waals surface area contributed by atoms with E-state index < -0.39 is 5.82 Å². The molecular weight excluding hydrogens is 285 g/mol. The summed E-state index contributed by atoms with van der Waals surface area (Å²) in [5.41, 5.74) is 6.45. The number of aromatic nitrogens is 2. The van der Waals surface area contributed by atoms with Gasteiger partial charge in [0.05, 0.1) is 0 Å². The standard InChI is InChI=1S/C15H18FN5O/c1-20-6-8-21(9-7-20)14-13(17)15(19-10-18-14)22-12-5-3-2-4-11(12)16/h2-5,10H,6-9,17H2,1H3. The number of nitrogen functional groups attached to an aromatic ring is 1. The van der Waals surface area contributed by atoms with Gasteiger partial charge in [-0.15, -0.1) is 0 Å². The largest absolute Gasteiger partial charge is 0.434 e. The number of piperazine rings is 1. The summed E-state index contributed by atoms with van der Waals surface area (Å²) < 4.78 is 19.2. The molecule has 1 aliphatic heterocycles. The topological polar surface area (TPSA) is 67.5 Å². The first-order valence-electron chi connectivity index (χ1n) is 7.11. The second kappa shape index (κ2) is 6.15. The molecule has 2 aromatic rings. The van der Waals surface area contributed by atoms with Crippen molar-refractivity contribution in [1.82, 2.24) is 14.9 Å². The van der Waals surface area contributed by atoms with Crippen molar-refractivity contribution >= 4 is 11.5 Å². The monoisotopic (exact) mass is 303 g/mol. The lowest BCUT2D eigenvalue weighted by atomic mass is 10.3. The molecular formula is C15H18FN5O. The number of para-hydroxylation sites is 1. The molecule has 1 fully saturated rings. The van der Waals surface area contributed by atoms with Crippen LogP contribution in [-0.2, 0) is 0 Å². The van der Waals surface area contributed by atoms with Crippen LogP contribution in [0.3, 0.4) is 0 Å². The molecule has 0 radical (unpaired) electrons. The molecule has 1 aliphatic rings. The molecule has 2 N–H and O–H groups in total. The van der Waals surface area contributed by atoms with Gasteiger partial charge in [0.1, 0.15) is 12.0 Å². The molecule has 0 aliphatic carbocycles. The number of ether oxygens (including phenoxy) is 1. The van der Waals surface area contributed by atoms with Crippen LogP contribution in [0.15, 0.2) is 30.6 Å². The number of nitrogens with zero attached hydrogens (tertiary/aromatic N) is 4. The molecule has 1 saturated heterocycles. The Morgan fingerprint density at radius 3 is 2.59 bits per heavy atom. The number of rotatable bonds is 3. The van der Waals surface area contributed by atoms with E-state index in [0.29, 0.717) is 11.5 Å². The average molecular weight is 303 g/mol. The number of likely N-dealkylation sites (N-methyl/N-ethyl adjacent to an activating group) is 1. The molecule has 2 heterocycles. The van der Waals surface area contributed by atoms with E-state index in [4.69, 9.17) is 10.5 Å². The van der Waals surface area contributed by atoms with Crippen molar-refractivity contribution in [2.24, 2.45) is 0 Å². The predicted molar refractivity (Wildman–Crippen MR) is 82.6 cm³/mol. The maximum absolute atomic E-state index is 13.7. The van der Waals surface area contributed by atoms with Crippen molar-refractivity contribution in [2.45, 2.75) is 0 Å². The first-order valence-corrected chi connectivity index (χ1v) is 7.11. The summed E-state index contributed by atoms with van der Waals surface area (Å²) in [6.45, 7) is 3.54. The molecule has 0 spiro atoms. The molecule has 0 bridgehead atoms. The Balaban J connectivity index is 1.84.